The van der Waals surface area contributed by atoms with Crippen LogP contribution >= 0.6 is 15.9 Å². The second-order valence-electron chi connectivity index (χ2n) is 5.79. The van der Waals surface area contributed by atoms with Gasteiger partial charge in [0.05, 0.1) is 13.2 Å². The molecule has 0 spiro atoms. The summed E-state index contributed by atoms with van der Waals surface area (Å²) in [6, 6.07) is 6.73. The van der Waals surface area contributed by atoms with E-state index >= 15 is 0 Å². The highest BCUT2D eigenvalue weighted by Gasteiger charge is 2.19. The number of morpholine rings is 1. The van der Waals surface area contributed by atoms with Gasteiger partial charge >= 0.3 is 0 Å². The summed E-state index contributed by atoms with van der Waals surface area (Å²) in [4.78, 5) is 2.47. The molecule has 0 aromatic heterocycles. The Kier molecular flexibility index (Phi) is 4.97. The summed E-state index contributed by atoms with van der Waals surface area (Å²) in [5, 5.41) is 3.52. The Morgan fingerprint density at radius 2 is 2.15 bits per heavy atom. The molecule has 1 unspecified atom stereocenters. The van der Waals surface area contributed by atoms with Gasteiger partial charge in [0.2, 0.25) is 0 Å². The molecule has 0 aliphatic carbocycles. The molecule has 2 fully saturated rings. The Morgan fingerprint density at radius 1 is 1.30 bits per heavy atom. The molecule has 20 heavy (non-hydrogen) atoms. The van der Waals surface area contributed by atoms with E-state index in [1.807, 2.05) is 0 Å². The smallest absolute Gasteiger partial charge is 0.0642 e. The van der Waals surface area contributed by atoms with Crippen molar-refractivity contribution in [3.63, 3.8) is 0 Å². The topological polar surface area (TPSA) is 24.5 Å². The Labute approximate surface area is 129 Å². The summed E-state index contributed by atoms with van der Waals surface area (Å²) in [5.74, 6) is 0.776. The summed E-state index contributed by atoms with van der Waals surface area (Å²) >= 11 is 3.63. The van der Waals surface area contributed by atoms with Crippen molar-refractivity contribution in [1.29, 1.82) is 0 Å². The van der Waals surface area contributed by atoms with E-state index in [1.165, 1.54) is 41.5 Å². The molecule has 4 heteroatoms. The lowest BCUT2D eigenvalue weighted by molar-refractivity contribution is 0.122. The predicted octanol–water partition coefficient (Wildman–Crippen LogP) is 2.83. The van der Waals surface area contributed by atoms with Crippen LogP contribution in [0, 0.1) is 5.92 Å². The second-order valence-corrected chi connectivity index (χ2v) is 6.70. The Hall–Kier alpha value is -0.580. The highest BCUT2D eigenvalue weighted by atomic mass is 79.9. The van der Waals surface area contributed by atoms with E-state index in [4.69, 9.17) is 4.74 Å². The van der Waals surface area contributed by atoms with Gasteiger partial charge in [-0.3, -0.25) is 0 Å². The number of ether oxygens (including phenoxy) is 1. The Morgan fingerprint density at radius 3 is 2.90 bits per heavy atom. The van der Waals surface area contributed by atoms with E-state index in [2.05, 4.69) is 44.3 Å². The van der Waals surface area contributed by atoms with Crippen LogP contribution in [0.5, 0.6) is 0 Å². The number of rotatable bonds is 3. The van der Waals surface area contributed by atoms with Crippen LogP contribution in [0.3, 0.4) is 0 Å². The first kappa shape index (κ1) is 14.4. The average molecular weight is 339 g/mol. The zero-order valence-corrected chi connectivity index (χ0v) is 13.5. The number of anilines is 1. The van der Waals surface area contributed by atoms with Gasteiger partial charge in [0, 0.05) is 23.2 Å². The van der Waals surface area contributed by atoms with Gasteiger partial charge in [-0.2, -0.15) is 0 Å². The molecule has 2 saturated heterocycles. The number of piperidine rings is 1. The van der Waals surface area contributed by atoms with E-state index in [9.17, 15) is 0 Å². The Balaban J connectivity index is 1.77. The van der Waals surface area contributed by atoms with Gasteiger partial charge < -0.3 is 15.0 Å². The fourth-order valence-electron chi connectivity index (χ4n) is 3.24. The van der Waals surface area contributed by atoms with Gasteiger partial charge in [0.1, 0.15) is 0 Å². The van der Waals surface area contributed by atoms with Gasteiger partial charge in [-0.25, -0.2) is 0 Å². The molecule has 110 valence electrons. The molecule has 0 radical (unpaired) electrons. The normalized spacial score (nSPS) is 23.9. The van der Waals surface area contributed by atoms with Crippen molar-refractivity contribution in [2.75, 3.05) is 44.3 Å². The number of halogens is 1. The van der Waals surface area contributed by atoms with Crippen LogP contribution in [0.15, 0.2) is 22.7 Å². The molecule has 0 amide bonds. The largest absolute Gasteiger partial charge is 0.378 e. The minimum absolute atomic E-state index is 0.776. The van der Waals surface area contributed by atoms with Crippen LogP contribution in [-0.4, -0.2) is 39.4 Å². The predicted molar refractivity (Wildman–Crippen MR) is 86.5 cm³/mol. The molecule has 3 rings (SSSR count). The van der Waals surface area contributed by atoms with Crippen LogP contribution < -0.4 is 10.2 Å². The number of nitrogens with zero attached hydrogens (tertiary/aromatic N) is 1. The molecule has 3 nitrogen and oxygen atoms in total. The average Bonchev–Trinajstić information content (AvgIpc) is 2.49. The van der Waals surface area contributed by atoms with E-state index in [-0.39, 0.29) is 0 Å². The SMILES string of the molecule is Brc1ccc(N2CCOCC2)c(CC2CCCNC2)c1. The standard InChI is InChI=1S/C16H23BrN2O/c17-15-3-4-16(19-6-8-20-9-7-19)14(11-15)10-13-2-1-5-18-12-13/h3-4,11,13,18H,1-2,5-10,12H2. The fourth-order valence-corrected chi connectivity index (χ4v) is 3.65. The summed E-state index contributed by atoms with van der Waals surface area (Å²) in [5.41, 5.74) is 2.89. The van der Waals surface area contributed by atoms with Crippen LogP contribution in [-0.2, 0) is 11.2 Å². The highest BCUT2D eigenvalue weighted by molar-refractivity contribution is 9.10. The maximum absolute atomic E-state index is 5.47. The van der Waals surface area contributed by atoms with Crippen LogP contribution in [0.25, 0.3) is 0 Å². The summed E-state index contributed by atoms with van der Waals surface area (Å²) < 4.78 is 6.66. The molecule has 1 aromatic carbocycles. The van der Waals surface area contributed by atoms with Gasteiger partial charge in [-0.1, -0.05) is 15.9 Å². The zero-order valence-electron chi connectivity index (χ0n) is 11.9. The highest BCUT2D eigenvalue weighted by Crippen LogP contribution is 2.29. The minimum Gasteiger partial charge on any atom is -0.378 e. The third-order valence-corrected chi connectivity index (χ3v) is 4.79. The Bertz CT molecular complexity index is 440. The van der Waals surface area contributed by atoms with E-state index in [1.54, 1.807) is 0 Å². The second kappa shape index (κ2) is 6.92. The number of hydrogen-bond acceptors (Lipinski definition) is 3. The molecule has 1 N–H and O–H groups in total. The summed E-state index contributed by atoms with van der Waals surface area (Å²) in [6.07, 6.45) is 3.84. The molecule has 0 saturated carbocycles. The van der Waals surface area contributed by atoms with Gasteiger partial charge in [0.25, 0.3) is 0 Å². The first-order chi connectivity index (χ1) is 9.83. The maximum Gasteiger partial charge on any atom is 0.0642 e. The molecule has 2 aliphatic heterocycles. The summed E-state index contributed by atoms with van der Waals surface area (Å²) in [7, 11) is 0. The molecule has 1 aromatic rings. The number of nitrogens with one attached hydrogen (secondary N) is 1. The molecular formula is C16H23BrN2O. The van der Waals surface area contributed by atoms with E-state index in [0.717, 1.165) is 38.8 Å². The summed E-state index contributed by atoms with van der Waals surface area (Å²) in [6.45, 7) is 6.07. The lowest BCUT2D eigenvalue weighted by Crippen LogP contribution is -2.37. The van der Waals surface area contributed by atoms with Crippen molar-refractivity contribution >= 4 is 21.6 Å². The van der Waals surface area contributed by atoms with E-state index in [0.29, 0.717) is 0 Å². The molecule has 2 heterocycles. The van der Waals surface area contributed by atoms with Crippen molar-refractivity contribution < 1.29 is 4.74 Å². The van der Waals surface area contributed by atoms with Crippen molar-refractivity contribution in [3.05, 3.63) is 28.2 Å². The molecular weight excluding hydrogens is 316 g/mol. The van der Waals surface area contributed by atoms with Crippen molar-refractivity contribution in [2.24, 2.45) is 5.92 Å². The lowest BCUT2D eigenvalue weighted by atomic mass is 9.91. The fraction of sp³-hybridized carbons (Fsp3) is 0.625. The molecule has 2 aliphatic rings. The van der Waals surface area contributed by atoms with Crippen LogP contribution in [0.1, 0.15) is 18.4 Å². The molecule has 1 atom stereocenters. The van der Waals surface area contributed by atoms with Gasteiger partial charge in [0.15, 0.2) is 0 Å². The first-order valence-corrected chi connectivity index (χ1v) is 8.44. The van der Waals surface area contributed by atoms with Crippen molar-refractivity contribution in [3.8, 4) is 0 Å². The first-order valence-electron chi connectivity index (χ1n) is 7.65. The number of hydrogen-bond donors (Lipinski definition) is 1. The maximum atomic E-state index is 5.47. The third kappa shape index (κ3) is 3.54. The molecule has 0 bridgehead atoms. The lowest BCUT2D eigenvalue weighted by Gasteiger charge is -2.32. The van der Waals surface area contributed by atoms with Crippen LogP contribution in [0.4, 0.5) is 5.69 Å². The minimum atomic E-state index is 0.776. The van der Waals surface area contributed by atoms with Crippen LogP contribution in [0.2, 0.25) is 0 Å². The van der Waals surface area contributed by atoms with Crippen molar-refractivity contribution in [2.45, 2.75) is 19.3 Å². The number of benzene rings is 1. The van der Waals surface area contributed by atoms with Gasteiger partial charge in [-0.05, 0) is 62.0 Å². The van der Waals surface area contributed by atoms with Gasteiger partial charge in [-0.15, -0.1) is 0 Å². The van der Waals surface area contributed by atoms with E-state index < -0.39 is 0 Å². The third-order valence-electron chi connectivity index (χ3n) is 4.30. The quantitative estimate of drug-likeness (QED) is 0.917. The zero-order chi connectivity index (χ0) is 13.8. The monoisotopic (exact) mass is 338 g/mol. The van der Waals surface area contributed by atoms with Crippen molar-refractivity contribution in [1.82, 2.24) is 5.32 Å².